The van der Waals surface area contributed by atoms with E-state index in [1.165, 1.54) is 6.33 Å². The Hall–Kier alpha value is -1.88. The fraction of sp³-hybridized carbons (Fsp3) is 0.278. The van der Waals surface area contributed by atoms with Crippen molar-refractivity contribution < 1.29 is 14.6 Å². The van der Waals surface area contributed by atoms with E-state index in [0.29, 0.717) is 22.4 Å². The molecule has 29 heavy (non-hydrogen) atoms. The molecule has 0 spiro atoms. The van der Waals surface area contributed by atoms with Gasteiger partial charge in [-0.3, -0.25) is 0 Å². The first-order valence-electron chi connectivity index (χ1n) is 8.62. The van der Waals surface area contributed by atoms with Crippen LogP contribution in [0, 0.1) is 0 Å². The van der Waals surface area contributed by atoms with E-state index in [1.807, 2.05) is 48.3 Å². The molecule has 2 heterocycles. The smallest absolute Gasteiger partial charge is 0.148 e. The van der Waals surface area contributed by atoms with Gasteiger partial charge in [0.2, 0.25) is 0 Å². The molecule has 0 radical (unpaired) electrons. The summed E-state index contributed by atoms with van der Waals surface area (Å²) in [5.74, 6) is 0.675. The first-order valence-corrected chi connectivity index (χ1v) is 10.5. The van der Waals surface area contributed by atoms with Crippen LogP contribution in [-0.4, -0.2) is 37.8 Å². The van der Waals surface area contributed by atoms with E-state index in [-0.39, 0.29) is 0 Å². The molecular weight excluding hydrogens is 437 g/mol. The number of rotatable bonds is 8. The summed E-state index contributed by atoms with van der Waals surface area (Å²) in [7, 11) is 0. The molecule has 0 atom stereocenters. The highest BCUT2D eigenvalue weighted by molar-refractivity contribution is 7.93. The lowest BCUT2D eigenvalue weighted by Gasteiger charge is -2.08. The molecule has 2 aromatic heterocycles. The van der Waals surface area contributed by atoms with Crippen LogP contribution in [0.4, 0.5) is 5.82 Å². The Bertz CT molecular complexity index is 878. The number of nitrogens with zero attached hydrogens (tertiary/aromatic N) is 4. The Morgan fingerprint density at radius 1 is 1.21 bits per heavy atom. The SMILES string of the molecule is CCc1ncnc(NCCc2cnn(-c3ccc(Cl)cc3)c2)c1Cl.CSOOO. The fourth-order valence-corrected chi connectivity index (χ4v) is 2.84. The normalized spacial score (nSPS) is 10.4. The van der Waals surface area contributed by atoms with E-state index in [1.54, 1.807) is 6.26 Å². The zero-order chi connectivity index (χ0) is 21.1. The second kappa shape index (κ2) is 12.6. The molecule has 0 saturated carbocycles. The van der Waals surface area contributed by atoms with Gasteiger partial charge in [0.15, 0.2) is 0 Å². The highest BCUT2D eigenvalue weighted by Gasteiger charge is 2.07. The Morgan fingerprint density at radius 3 is 2.59 bits per heavy atom. The number of nitrogens with one attached hydrogen (secondary N) is 1. The van der Waals surface area contributed by atoms with E-state index in [4.69, 9.17) is 28.5 Å². The van der Waals surface area contributed by atoms with Crippen molar-refractivity contribution in [1.29, 1.82) is 0 Å². The minimum atomic E-state index is 0.594. The number of halogens is 2. The summed E-state index contributed by atoms with van der Waals surface area (Å²) < 4.78 is 5.64. The molecule has 156 valence electrons. The van der Waals surface area contributed by atoms with Crippen molar-refractivity contribution in [3.63, 3.8) is 0 Å². The third kappa shape index (κ3) is 7.46. The molecule has 11 heteroatoms. The molecule has 0 fully saturated rings. The Balaban J connectivity index is 0.000000537. The predicted molar refractivity (Wildman–Crippen MR) is 116 cm³/mol. The van der Waals surface area contributed by atoms with Gasteiger partial charge >= 0.3 is 0 Å². The molecule has 0 aliphatic rings. The minimum absolute atomic E-state index is 0.594. The molecule has 1 aromatic carbocycles. The minimum Gasteiger partial charge on any atom is -0.368 e. The van der Waals surface area contributed by atoms with E-state index < -0.39 is 0 Å². The van der Waals surface area contributed by atoms with Gasteiger partial charge in [0.1, 0.15) is 17.2 Å². The second-order valence-corrected chi connectivity index (χ2v) is 6.88. The van der Waals surface area contributed by atoms with Crippen molar-refractivity contribution in [2.75, 3.05) is 18.1 Å². The lowest BCUT2D eigenvalue weighted by atomic mass is 10.2. The molecule has 0 aliphatic heterocycles. The van der Waals surface area contributed by atoms with Crippen LogP contribution < -0.4 is 5.32 Å². The summed E-state index contributed by atoms with van der Waals surface area (Å²) in [6, 6.07) is 7.57. The fourth-order valence-electron chi connectivity index (χ4n) is 2.36. The summed E-state index contributed by atoms with van der Waals surface area (Å²) in [6.07, 6.45) is 8.61. The number of benzene rings is 1. The highest BCUT2D eigenvalue weighted by atomic mass is 35.5. The van der Waals surface area contributed by atoms with Gasteiger partial charge in [-0.05, 0) is 42.7 Å². The van der Waals surface area contributed by atoms with Gasteiger partial charge in [0, 0.05) is 36.1 Å². The summed E-state index contributed by atoms with van der Waals surface area (Å²) in [4.78, 5) is 8.35. The zero-order valence-corrected chi connectivity index (χ0v) is 18.2. The maximum absolute atomic E-state index is 7.32. The maximum Gasteiger partial charge on any atom is 0.148 e. The first-order chi connectivity index (χ1) is 14.1. The third-order valence-electron chi connectivity index (χ3n) is 3.73. The van der Waals surface area contributed by atoms with Crippen molar-refractivity contribution in [2.24, 2.45) is 0 Å². The van der Waals surface area contributed by atoms with Crippen LogP contribution in [0.1, 0.15) is 18.2 Å². The lowest BCUT2D eigenvalue weighted by molar-refractivity contribution is -0.432. The summed E-state index contributed by atoms with van der Waals surface area (Å²) in [5.41, 5.74) is 2.95. The summed E-state index contributed by atoms with van der Waals surface area (Å²) >= 11 is 13.1. The number of aromatic nitrogens is 4. The Morgan fingerprint density at radius 2 is 1.97 bits per heavy atom. The zero-order valence-electron chi connectivity index (χ0n) is 15.9. The van der Waals surface area contributed by atoms with E-state index in [9.17, 15) is 0 Å². The standard InChI is InChI=1S/C17H17Cl2N5.CH4O3S/c1-2-15-16(19)17(22-11-21-15)20-8-7-12-9-23-24(10-12)14-5-3-13(18)4-6-14;1-5-4-3-2/h3-6,9-11H,2,7-8H2,1H3,(H,20,21,22);2H,1H3. The molecule has 0 saturated heterocycles. The van der Waals surface area contributed by atoms with Crippen molar-refractivity contribution in [3.8, 4) is 5.69 Å². The second-order valence-electron chi connectivity index (χ2n) is 5.59. The van der Waals surface area contributed by atoms with Crippen molar-refractivity contribution in [2.45, 2.75) is 19.8 Å². The number of aryl methyl sites for hydroxylation is 1. The summed E-state index contributed by atoms with van der Waals surface area (Å²) in [5, 5.41) is 19.4. The van der Waals surface area contributed by atoms with E-state index in [2.05, 4.69) is 29.8 Å². The van der Waals surface area contributed by atoms with Gasteiger partial charge in [0.05, 0.1) is 17.6 Å². The average molecular weight is 458 g/mol. The van der Waals surface area contributed by atoms with Gasteiger partial charge in [-0.15, -0.1) is 4.33 Å². The van der Waals surface area contributed by atoms with E-state index >= 15 is 0 Å². The van der Waals surface area contributed by atoms with Crippen LogP contribution in [0.2, 0.25) is 10.0 Å². The van der Waals surface area contributed by atoms with Crippen LogP contribution in [-0.2, 0) is 22.2 Å². The van der Waals surface area contributed by atoms with Gasteiger partial charge < -0.3 is 5.32 Å². The van der Waals surface area contributed by atoms with Crippen molar-refractivity contribution in [3.05, 3.63) is 64.3 Å². The Kier molecular flexibility index (Phi) is 10.2. The van der Waals surface area contributed by atoms with E-state index in [0.717, 1.165) is 41.8 Å². The molecule has 0 aliphatic carbocycles. The quantitative estimate of drug-likeness (QED) is 0.281. The van der Waals surface area contributed by atoms with Gasteiger partial charge in [-0.2, -0.15) is 5.10 Å². The predicted octanol–water partition coefficient (Wildman–Crippen LogP) is 4.87. The largest absolute Gasteiger partial charge is 0.368 e. The van der Waals surface area contributed by atoms with Crippen molar-refractivity contribution in [1.82, 2.24) is 19.7 Å². The van der Waals surface area contributed by atoms with Crippen LogP contribution in [0.5, 0.6) is 0 Å². The lowest BCUT2D eigenvalue weighted by Crippen LogP contribution is -2.08. The number of hydrogen-bond donors (Lipinski definition) is 2. The molecular formula is C18H21Cl2N5O3S. The topological polar surface area (TPSA) is 94.3 Å². The van der Waals surface area contributed by atoms with Gasteiger partial charge in [0.25, 0.3) is 0 Å². The molecule has 8 nitrogen and oxygen atoms in total. The van der Waals surface area contributed by atoms with Crippen LogP contribution in [0.15, 0.2) is 43.0 Å². The molecule has 2 N–H and O–H groups in total. The molecule has 0 unspecified atom stereocenters. The molecule has 3 rings (SSSR count). The Labute approximate surface area is 183 Å². The molecule has 0 bridgehead atoms. The molecule has 0 amide bonds. The summed E-state index contributed by atoms with van der Waals surface area (Å²) in [6.45, 7) is 2.73. The van der Waals surface area contributed by atoms with Gasteiger partial charge in [-0.25, -0.2) is 19.9 Å². The van der Waals surface area contributed by atoms with Crippen LogP contribution in [0.25, 0.3) is 5.69 Å². The highest BCUT2D eigenvalue weighted by Crippen LogP contribution is 2.22. The number of anilines is 1. The number of hydrogen-bond acceptors (Lipinski definition) is 8. The van der Waals surface area contributed by atoms with Crippen molar-refractivity contribution >= 4 is 41.1 Å². The maximum atomic E-state index is 7.32. The third-order valence-corrected chi connectivity index (χ3v) is 4.57. The van der Waals surface area contributed by atoms with Crippen LogP contribution in [0.3, 0.4) is 0 Å². The monoisotopic (exact) mass is 457 g/mol. The van der Waals surface area contributed by atoms with Gasteiger partial charge in [-0.1, -0.05) is 35.2 Å². The van der Waals surface area contributed by atoms with Crippen LogP contribution >= 0.6 is 35.2 Å². The average Bonchev–Trinajstić information content (AvgIpc) is 3.20. The molecule has 3 aromatic rings. The first kappa shape index (κ1) is 23.4.